The summed E-state index contributed by atoms with van der Waals surface area (Å²) in [6.07, 6.45) is -4.65. The molecule has 1 atom stereocenters. The Hall–Kier alpha value is -3.49. The van der Waals surface area contributed by atoms with Crippen LogP contribution in [-0.2, 0) is 11.0 Å². The fourth-order valence-corrected chi connectivity index (χ4v) is 3.17. The van der Waals surface area contributed by atoms with Crippen molar-refractivity contribution in [2.24, 2.45) is 0 Å². The summed E-state index contributed by atoms with van der Waals surface area (Å²) in [4.78, 5) is 25.0. The van der Waals surface area contributed by atoms with Crippen LogP contribution in [-0.4, -0.2) is 19.0 Å². The van der Waals surface area contributed by atoms with Crippen molar-refractivity contribution in [3.05, 3.63) is 70.9 Å². The Bertz CT molecular complexity index is 986. The van der Waals surface area contributed by atoms with Crippen molar-refractivity contribution in [1.29, 1.82) is 0 Å². The van der Waals surface area contributed by atoms with Crippen LogP contribution in [0.4, 0.5) is 23.7 Å². The Morgan fingerprint density at radius 2 is 1.76 bits per heavy atom. The maximum absolute atomic E-state index is 13.5. The molecule has 0 aromatic heterocycles. The zero-order valence-electron chi connectivity index (χ0n) is 15.6. The molecule has 0 saturated heterocycles. The minimum atomic E-state index is -4.65. The van der Waals surface area contributed by atoms with Gasteiger partial charge in [0.2, 0.25) is 0 Å². The minimum Gasteiger partial charge on any atom is -0.495 e. The van der Waals surface area contributed by atoms with Crippen LogP contribution < -0.4 is 20.7 Å². The number of urea groups is 1. The second-order valence-electron chi connectivity index (χ2n) is 6.31. The number of halogens is 3. The lowest BCUT2D eigenvalue weighted by Crippen LogP contribution is -2.46. The number of allylic oxidation sites excluding steroid dienone is 1. The van der Waals surface area contributed by atoms with E-state index >= 15 is 0 Å². The molecule has 2 aromatic carbocycles. The molecule has 152 valence electrons. The van der Waals surface area contributed by atoms with Crippen LogP contribution in [0, 0.1) is 0 Å². The van der Waals surface area contributed by atoms with Gasteiger partial charge >= 0.3 is 12.2 Å². The van der Waals surface area contributed by atoms with Gasteiger partial charge in [0, 0.05) is 5.70 Å². The Balaban J connectivity index is 2.05. The Kier molecular flexibility index (Phi) is 5.49. The van der Waals surface area contributed by atoms with E-state index in [2.05, 4.69) is 16.0 Å². The molecule has 0 spiro atoms. The molecule has 2 aromatic rings. The van der Waals surface area contributed by atoms with Crippen molar-refractivity contribution in [3.63, 3.8) is 0 Å². The van der Waals surface area contributed by atoms with Crippen LogP contribution in [0.15, 0.2) is 59.8 Å². The van der Waals surface area contributed by atoms with Gasteiger partial charge in [-0.1, -0.05) is 30.3 Å². The quantitative estimate of drug-likeness (QED) is 0.720. The number of rotatable bonds is 4. The van der Waals surface area contributed by atoms with Gasteiger partial charge in [0.15, 0.2) is 0 Å². The highest BCUT2D eigenvalue weighted by atomic mass is 19.4. The van der Waals surface area contributed by atoms with Gasteiger partial charge in [0.05, 0.1) is 30.0 Å². The number of benzene rings is 2. The second kappa shape index (κ2) is 7.86. The number of alkyl halides is 3. The number of nitrogens with one attached hydrogen (secondary N) is 3. The topological polar surface area (TPSA) is 79.5 Å². The molecule has 0 fully saturated rings. The van der Waals surface area contributed by atoms with E-state index in [9.17, 15) is 22.8 Å². The maximum Gasteiger partial charge on any atom is 0.416 e. The third kappa shape index (κ3) is 4.18. The largest absolute Gasteiger partial charge is 0.495 e. The van der Waals surface area contributed by atoms with E-state index in [4.69, 9.17) is 4.74 Å². The van der Waals surface area contributed by atoms with E-state index in [-0.39, 0.29) is 16.8 Å². The first kappa shape index (κ1) is 20.2. The molecule has 3 amide bonds. The summed E-state index contributed by atoms with van der Waals surface area (Å²) in [6.45, 7) is 1.46. The predicted octanol–water partition coefficient (Wildman–Crippen LogP) is 3.98. The second-order valence-corrected chi connectivity index (χ2v) is 6.31. The van der Waals surface area contributed by atoms with Gasteiger partial charge in [-0.25, -0.2) is 4.79 Å². The predicted molar refractivity (Wildman–Crippen MR) is 100 cm³/mol. The first-order valence-electron chi connectivity index (χ1n) is 8.61. The van der Waals surface area contributed by atoms with Crippen LogP contribution >= 0.6 is 0 Å². The van der Waals surface area contributed by atoms with E-state index in [1.165, 1.54) is 32.2 Å². The van der Waals surface area contributed by atoms with Crippen molar-refractivity contribution < 1.29 is 27.5 Å². The summed E-state index contributed by atoms with van der Waals surface area (Å²) in [5, 5.41) is 7.50. The Labute approximate surface area is 164 Å². The molecule has 0 unspecified atom stereocenters. The highest BCUT2D eigenvalue weighted by molar-refractivity contribution is 6.07. The molecule has 3 rings (SSSR count). The molecule has 0 aliphatic carbocycles. The summed E-state index contributed by atoms with van der Waals surface area (Å²) >= 11 is 0. The highest BCUT2D eigenvalue weighted by Gasteiger charge is 2.39. The average molecular weight is 405 g/mol. The number of carbonyl (C=O) groups excluding carboxylic acids is 2. The van der Waals surface area contributed by atoms with Gasteiger partial charge < -0.3 is 20.7 Å². The normalized spacial score (nSPS) is 16.7. The minimum absolute atomic E-state index is 0.0350. The third-order valence-corrected chi connectivity index (χ3v) is 4.45. The first-order valence-corrected chi connectivity index (χ1v) is 8.61. The summed E-state index contributed by atoms with van der Waals surface area (Å²) in [6, 6.07) is 9.46. The number of carbonyl (C=O) groups is 2. The van der Waals surface area contributed by atoms with Crippen molar-refractivity contribution in [2.45, 2.75) is 19.1 Å². The van der Waals surface area contributed by atoms with Crippen molar-refractivity contribution in [1.82, 2.24) is 10.6 Å². The van der Waals surface area contributed by atoms with Gasteiger partial charge in [-0.05, 0) is 30.7 Å². The van der Waals surface area contributed by atoms with Crippen molar-refractivity contribution >= 4 is 17.6 Å². The Morgan fingerprint density at radius 1 is 1.10 bits per heavy atom. The molecule has 0 bridgehead atoms. The molecule has 1 aliphatic heterocycles. The molecule has 0 saturated carbocycles. The smallest absolute Gasteiger partial charge is 0.416 e. The lowest BCUT2D eigenvalue weighted by atomic mass is 9.91. The summed E-state index contributed by atoms with van der Waals surface area (Å²) in [5.41, 5.74) is -0.683. The van der Waals surface area contributed by atoms with E-state index in [0.717, 1.165) is 6.07 Å². The molecule has 0 radical (unpaired) electrons. The average Bonchev–Trinajstić information content (AvgIpc) is 2.67. The van der Waals surface area contributed by atoms with Crippen molar-refractivity contribution in [3.8, 4) is 5.75 Å². The lowest BCUT2D eigenvalue weighted by molar-refractivity contribution is -0.138. The molecule has 9 heteroatoms. The van der Waals surface area contributed by atoms with Crippen molar-refractivity contribution in [2.75, 3.05) is 12.4 Å². The van der Waals surface area contributed by atoms with E-state index in [1.807, 2.05) is 0 Å². The van der Waals surface area contributed by atoms with Crippen LogP contribution in [0.2, 0.25) is 0 Å². The van der Waals surface area contributed by atoms with Crippen LogP contribution in [0.5, 0.6) is 5.75 Å². The van der Waals surface area contributed by atoms with Gasteiger partial charge in [-0.2, -0.15) is 13.2 Å². The maximum atomic E-state index is 13.5. The van der Waals surface area contributed by atoms with Crippen LogP contribution in [0.3, 0.4) is 0 Å². The number of hydrogen-bond donors (Lipinski definition) is 3. The van der Waals surface area contributed by atoms with Gasteiger partial charge in [0.1, 0.15) is 5.75 Å². The summed E-state index contributed by atoms with van der Waals surface area (Å²) in [5.74, 6) is -0.277. The van der Waals surface area contributed by atoms with E-state index in [1.54, 1.807) is 24.3 Å². The number of amides is 3. The zero-order valence-corrected chi connectivity index (χ0v) is 15.6. The molecule has 29 heavy (non-hydrogen) atoms. The molecule has 6 nitrogen and oxygen atoms in total. The van der Waals surface area contributed by atoms with E-state index < -0.39 is 29.7 Å². The lowest BCUT2D eigenvalue weighted by Gasteiger charge is -2.30. The molecule has 1 heterocycles. The molecule has 3 N–H and O–H groups in total. The van der Waals surface area contributed by atoms with Crippen LogP contribution in [0.25, 0.3) is 0 Å². The monoisotopic (exact) mass is 405 g/mol. The third-order valence-electron chi connectivity index (χ3n) is 4.45. The molecular weight excluding hydrogens is 387 g/mol. The number of methoxy groups -OCH3 is 1. The first-order chi connectivity index (χ1) is 13.7. The van der Waals surface area contributed by atoms with E-state index in [0.29, 0.717) is 11.4 Å². The number of para-hydroxylation sites is 2. The summed E-state index contributed by atoms with van der Waals surface area (Å²) in [7, 11) is 1.43. The number of ether oxygens (including phenoxy) is 1. The van der Waals surface area contributed by atoms with Gasteiger partial charge in [0.25, 0.3) is 5.91 Å². The summed E-state index contributed by atoms with van der Waals surface area (Å²) < 4.78 is 45.7. The fraction of sp³-hybridized carbons (Fsp3) is 0.200. The van der Waals surface area contributed by atoms with Crippen LogP contribution in [0.1, 0.15) is 24.1 Å². The number of hydrogen-bond acceptors (Lipinski definition) is 3. The SMILES string of the molecule is COc1ccccc1NC(=O)C1=C(C)NC(=O)N[C@H]1c1ccccc1C(F)(F)F. The number of anilines is 1. The fourth-order valence-electron chi connectivity index (χ4n) is 3.17. The van der Waals surface area contributed by atoms with Gasteiger partial charge in [-0.3, -0.25) is 4.79 Å². The molecular formula is C20H18F3N3O3. The zero-order chi connectivity index (χ0) is 21.2. The van der Waals surface area contributed by atoms with Gasteiger partial charge in [-0.15, -0.1) is 0 Å². The highest BCUT2D eigenvalue weighted by Crippen LogP contribution is 2.38. The standard InChI is InChI=1S/C20H18F3N3O3/c1-11-16(18(27)25-14-9-5-6-10-15(14)29-2)17(26-19(28)24-11)12-7-3-4-8-13(12)20(21,22)23/h3-10,17H,1-2H3,(H,25,27)(H2,24,26,28)/t17-/m0/s1. The Morgan fingerprint density at radius 3 is 2.45 bits per heavy atom. The molecule has 1 aliphatic rings.